The molecule has 0 aliphatic carbocycles. The molecule has 5 heteroatoms. The van der Waals surface area contributed by atoms with E-state index in [1.165, 1.54) is 6.07 Å². The summed E-state index contributed by atoms with van der Waals surface area (Å²) in [6, 6.07) is 11.7. The highest BCUT2D eigenvalue weighted by atomic mass is 79.9. The topological polar surface area (TPSA) is 40.5 Å². The first kappa shape index (κ1) is 16.4. The second kappa shape index (κ2) is 6.88. The van der Waals surface area contributed by atoms with Crippen LogP contribution in [0.25, 0.3) is 0 Å². The van der Waals surface area contributed by atoms with Crippen molar-refractivity contribution in [1.29, 1.82) is 0 Å². The molecular formula is C16H15BrClFO2. The lowest BCUT2D eigenvalue weighted by atomic mass is 9.77. The van der Waals surface area contributed by atoms with Crippen LogP contribution in [0, 0.1) is 5.82 Å². The summed E-state index contributed by atoms with van der Waals surface area (Å²) in [7, 11) is 0. The van der Waals surface area contributed by atoms with E-state index in [0.717, 1.165) is 0 Å². The average Bonchev–Trinajstić information content (AvgIpc) is 2.50. The Balaban J connectivity index is 2.49. The van der Waals surface area contributed by atoms with E-state index < -0.39 is 5.41 Å². The summed E-state index contributed by atoms with van der Waals surface area (Å²) in [6.07, 6.45) is 0.266. The fraction of sp³-hybridized carbons (Fsp3) is 0.250. The average molecular weight is 374 g/mol. The maximum Gasteiger partial charge on any atom is 0.137 e. The Morgan fingerprint density at radius 1 is 1.05 bits per heavy atom. The van der Waals surface area contributed by atoms with Gasteiger partial charge >= 0.3 is 0 Å². The maximum absolute atomic E-state index is 13.6. The fourth-order valence-electron chi connectivity index (χ4n) is 2.37. The van der Waals surface area contributed by atoms with Crippen molar-refractivity contribution < 1.29 is 14.6 Å². The molecule has 0 aliphatic heterocycles. The quantitative estimate of drug-likeness (QED) is 0.839. The van der Waals surface area contributed by atoms with Gasteiger partial charge in [-0.2, -0.15) is 0 Å². The van der Waals surface area contributed by atoms with Crippen molar-refractivity contribution in [3.63, 3.8) is 0 Å². The van der Waals surface area contributed by atoms with Gasteiger partial charge in [0, 0.05) is 10.4 Å². The molecule has 2 aromatic carbocycles. The van der Waals surface area contributed by atoms with Gasteiger partial charge < -0.3 is 10.2 Å². The number of benzene rings is 2. The molecule has 21 heavy (non-hydrogen) atoms. The summed E-state index contributed by atoms with van der Waals surface area (Å²) in [5.41, 5.74) is 0.347. The Labute approximate surface area is 136 Å². The Kier molecular flexibility index (Phi) is 5.38. The highest BCUT2D eigenvalue weighted by molar-refractivity contribution is 9.10. The summed E-state index contributed by atoms with van der Waals surface area (Å²) in [5.74, 6) is -0.378. The Morgan fingerprint density at radius 2 is 1.71 bits per heavy atom. The monoisotopic (exact) mass is 372 g/mol. The molecule has 2 aromatic rings. The zero-order chi connectivity index (χ0) is 15.5. The van der Waals surface area contributed by atoms with Crippen molar-refractivity contribution in [2.75, 3.05) is 13.2 Å². The minimum atomic E-state index is -0.964. The van der Waals surface area contributed by atoms with Crippen molar-refractivity contribution in [3.05, 3.63) is 68.9 Å². The zero-order valence-corrected chi connectivity index (χ0v) is 13.5. The van der Waals surface area contributed by atoms with E-state index in [1.54, 1.807) is 36.4 Å². The first-order valence-corrected chi connectivity index (χ1v) is 7.61. The third-order valence-electron chi connectivity index (χ3n) is 3.61. The van der Waals surface area contributed by atoms with E-state index in [9.17, 15) is 14.6 Å². The maximum atomic E-state index is 13.6. The third kappa shape index (κ3) is 3.29. The molecule has 0 spiro atoms. The molecule has 0 radical (unpaired) electrons. The van der Waals surface area contributed by atoms with Gasteiger partial charge in [0.2, 0.25) is 0 Å². The van der Waals surface area contributed by atoms with Crippen LogP contribution in [0.5, 0.6) is 0 Å². The van der Waals surface area contributed by atoms with E-state index in [1.807, 2.05) is 0 Å². The van der Waals surface area contributed by atoms with E-state index in [2.05, 4.69) is 15.9 Å². The number of aliphatic hydroxyl groups is 2. The minimum absolute atomic E-state index is 0.266. The highest BCUT2D eigenvalue weighted by Crippen LogP contribution is 2.35. The normalized spacial score (nSPS) is 11.7. The SMILES string of the molecule is OCC(CO)(Cc1cccc(F)c1Br)c1ccccc1Cl. The van der Waals surface area contributed by atoms with Gasteiger partial charge in [-0.05, 0) is 45.6 Å². The molecule has 0 bridgehead atoms. The van der Waals surface area contributed by atoms with E-state index in [-0.39, 0.29) is 25.5 Å². The lowest BCUT2D eigenvalue weighted by molar-refractivity contribution is 0.116. The van der Waals surface area contributed by atoms with E-state index in [0.29, 0.717) is 20.6 Å². The first-order chi connectivity index (χ1) is 10.0. The van der Waals surface area contributed by atoms with E-state index in [4.69, 9.17) is 11.6 Å². The van der Waals surface area contributed by atoms with Gasteiger partial charge in [-0.3, -0.25) is 0 Å². The molecular weight excluding hydrogens is 359 g/mol. The molecule has 0 aliphatic rings. The van der Waals surface area contributed by atoms with Crippen molar-refractivity contribution in [3.8, 4) is 0 Å². The van der Waals surface area contributed by atoms with E-state index >= 15 is 0 Å². The number of hydrogen-bond acceptors (Lipinski definition) is 2. The van der Waals surface area contributed by atoms with Crippen molar-refractivity contribution in [2.24, 2.45) is 0 Å². The van der Waals surface area contributed by atoms with Crippen molar-refractivity contribution >= 4 is 27.5 Å². The molecule has 0 saturated carbocycles. The van der Waals surface area contributed by atoms with Crippen LogP contribution in [0.2, 0.25) is 5.02 Å². The highest BCUT2D eigenvalue weighted by Gasteiger charge is 2.34. The second-order valence-corrected chi connectivity index (χ2v) is 6.17. The van der Waals surface area contributed by atoms with Gasteiger partial charge in [0.15, 0.2) is 0 Å². The van der Waals surface area contributed by atoms with Gasteiger partial charge in [0.25, 0.3) is 0 Å². The van der Waals surface area contributed by atoms with Crippen LogP contribution in [0.15, 0.2) is 46.9 Å². The lowest BCUT2D eigenvalue weighted by Crippen LogP contribution is -2.37. The predicted octanol–water partition coefficient (Wildman–Crippen LogP) is 3.71. The molecule has 2 N–H and O–H groups in total. The summed E-state index contributed by atoms with van der Waals surface area (Å²) in [5, 5.41) is 20.2. The van der Waals surface area contributed by atoms with Gasteiger partial charge in [0.1, 0.15) is 5.82 Å². The minimum Gasteiger partial charge on any atom is -0.395 e. The standard InChI is InChI=1S/C16H15BrClFO2/c17-15-11(4-3-7-14(15)19)8-16(9-20,10-21)12-5-1-2-6-13(12)18/h1-7,20-21H,8-10H2. The molecule has 2 rings (SSSR count). The molecule has 0 heterocycles. The Hall–Kier alpha value is -0.940. The molecule has 0 atom stereocenters. The van der Waals surface area contributed by atoms with Crippen molar-refractivity contribution in [1.82, 2.24) is 0 Å². The third-order valence-corrected chi connectivity index (χ3v) is 4.83. The van der Waals surface area contributed by atoms with Gasteiger partial charge in [-0.15, -0.1) is 0 Å². The number of hydrogen-bond donors (Lipinski definition) is 2. The predicted molar refractivity (Wildman–Crippen MR) is 85.1 cm³/mol. The van der Waals surface area contributed by atoms with Crippen LogP contribution in [0.1, 0.15) is 11.1 Å². The summed E-state index contributed by atoms with van der Waals surface area (Å²) in [6.45, 7) is -0.591. The summed E-state index contributed by atoms with van der Waals surface area (Å²) < 4.78 is 14.0. The second-order valence-electron chi connectivity index (χ2n) is 4.97. The first-order valence-electron chi connectivity index (χ1n) is 6.43. The molecule has 0 amide bonds. The molecule has 0 fully saturated rings. The van der Waals surface area contributed by atoms with Crippen LogP contribution < -0.4 is 0 Å². The number of halogens is 3. The molecule has 112 valence electrons. The Bertz CT molecular complexity index is 629. The van der Waals surface area contributed by atoms with Gasteiger partial charge in [0.05, 0.1) is 17.7 Å². The molecule has 2 nitrogen and oxygen atoms in total. The molecule has 0 saturated heterocycles. The zero-order valence-electron chi connectivity index (χ0n) is 11.2. The van der Waals surface area contributed by atoms with Gasteiger partial charge in [-0.25, -0.2) is 4.39 Å². The van der Waals surface area contributed by atoms with Crippen LogP contribution in [-0.2, 0) is 11.8 Å². The summed E-state index contributed by atoms with van der Waals surface area (Å²) in [4.78, 5) is 0. The van der Waals surface area contributed by atoms with Crippen LogP contribution in [-0.4, -0.2) is 23.4 Å². The smallest absolute Gasteiger partial charge is 0.137 e. The largest absolute Gasteiger partial charge is 0.395 e. The lowest BCUT2D eigenvalue weighted by Gasteiger charge is -2.31. The number of rotatable bonds is 5. The Morgan fingerprint density at radius 3 is 2.33 bits per heavy atom. The van der Waals surface area contributed by atoms with Crippen LogP contribution in [0.3, 0.4) is 0 Å². The summed E-state index contributed by atoms with van der Waals surface area (Å²) >= 11 is 9.41. The van der Waals surface area contributed by atoms with Crippen LogP contribution in [0.4, 0.5) is 4.39 Å². The van der Waals surface area contributed by atoms with Crippen molar-refractivity contribution in [2.45, 2.75) is 11.8 Å². The van der Waals surface area contributed by atoms with Crippen LogP contribution >= 0.6 is 27.5 Å². The number of aliphatic hydroxyl groups excluding tert-OH is 2. The van der Waals surface area contributed by atoms with Gasteiger partial charge in [-0.1, -0.05) is 41.9 Å². The fourth-order valence-corrected chi connectivity index (χ4v) is 3.11. The molecule has 0 aromatic heterocycles. The molecule has 0 unspecified atom stereocenters.